The second kappa shape index (κ2) is 10.1. The Morgan fingerprint density at radius 3 is 2.71 bits per heavy atom. The molecule has 2 aliphatic heterocycles. The van der Waals surface area contributed by atoms with Crippen molar-refractivity contribution >= 4 is 11.6 Å². The largest absolute Gasteiger partial charge is 0.381 e. The number of hydrogen-bond acceptors (Lipinski definition) is 4. The minimum Gasteiger partial charge on any atom is -0.381 e. The number of aryl methyl sites for hydroxylation is 1. The van der Waals surface area contributed by atoms with Crippen molar-refractivity contribution in [2.45, 2.75) is 20.3 Å². The monoisotopic (exact) mass is 387 g/mol. The summed E-state index contributed by atoms with van der Waals surface area (Å²) < 4.78 is 5.49. The van der Waals surface area contributed by atoms with Gasteiger partial charge in [0.2, 0.25) is 0 Å². The van der Waals surface area contributed by atoms with E-state index in [9.17, 15) is 0 Å². The van der Waals surface area contributed by atoms with Crippen LogP contribution in [0.25, 0.3) is 0 Å². The first kappa shape index (κ1) is 20.9. The summed E-state index contributed by atoms with van der Waals surface area (Å²) in [4.78, 5) is 11.8. The maximum absolute atomic E-state index is 5.49. The Morgan fingerprint density at radius 1 is 1.25 bits per heavy atom. The van der Waals surface area contributed by atoms with Gasteiger partial charge in [0.15, 0.2) is 5.96 Å². The summed E-state index contributed by atoms with van der Waals surface area (Å²) in [6.07, 6.45) is 1.16. The number of anilines is 1. The molecule has 6 heteroatoms. The molecule has 0 aromatic heterocycles. The Bertz CT molecular complexity index is 648. The molecule has 0 spiro atoms. The standard InChI is InChI=1S/C22H37N5O/c1-18-6-5-7-21(19(18)2)27-13-11-26(12-14-27)10-9-24-22(23-3)25(4)16-20-8-15-28-17-20/h5-7,20H,8-17H2,1-4H3,(H,23,24). The average molecular weight is 388 g/mol. The van der Waals surface area contributed by atoms with Crippen LogP contribution in [0.4, 0.5) is 5.69 Å². The minimum absolute atomic E-state index is 0.627. The zero-order chi connectivity index (χ0) is 19.9. The molecule has 2 aliphatic rings. The molecule has 2 fully saturated rings. The Balaban J connectivity index is 1.39. The van der Waals surface area contributed by atoms with Crippen molar-refractivity contribution in [2.75, 3.05) is 78.0 Å². The zero-order valence-electron chi connectivity index (χ0n) is 18.1. The maximum atomic E-state index is 5.49. The van der Waals surface area contributed by atoms with Gasteiger partial charge in [0.25, 0.3) is 0 Å². The highest BCUT2D eigenvalue weighted by Gasteiger charge is 2.20. The van der Waals surface area contributed by atoms with Crippen LogP contribution in [0.3, 0.4) is 0 Å². The maximum Gasteiger partial charge on any atom is 0.193 e. The van der Waals surface area contributed by atoms with Crippen molar-refractivity contribution in [3.63, 3.8) is 0 Å². The van der Waals surface area contributed by atoms with Gasteiger partial charge in [0.05, 0.1) is 6.61 Å². The summed E-state index contributed by atoms with van der Waals surface area (Å²) >= 11 is 0. The van der Waals surface area contributed by atoms with E-state index in [-0.39, 0.29) is 0 Å². The molecule has 2 heterocycles. The Kier molecular flexibility index (Phi) is 7.57. The van der Waals surface area contributed by atoms with Crippen LogP contribution in [0.15, 0.2) is 23.2 Å². The third-order valence-corrected chi connectivity index (χ3v) is 6.13. The third kappa shape index (κ3) is 5.39. The van der Waals surface area contributed by atoms with E-state index in [0.717, 1.165) is 71.4 Å². The molecule has 1 atom stereocenters. The van der Waals surface area contributed by atoms with Crippen LogP contribution in [0.1, 0.15) is 17.5 Å². The van der Waals surface area contributed by atoms with Gasteiger partial charge in [-0.1, -0.05) is 12.1 Å². The van der Waals surface area contributed by atoms with Crippen molar-refractivity contribution in [1.82, 2.24) is 15.1 Å². The van der Waals surface area contributed by atoms with E-state index in [2.05, 4.69) is 64.1 Å². The molecule has 1 N–H and O–H groups in total. The summed E-state index contributed by atoms with van der Waals surface area (Å²) in [5, 5.41) is 3.53. The molecule has 1 aromatic carbocycles. The number of benzene rings is 1. The second-order valence-corrected chi connectivity index (χ2v) is 8.13. The number of nitrogens with zero attached hydrogens (tertiary/aromatic N) is 4. The quantitative estimate of drug-likeness (QED) is 0.597. The molecular weight excluding hydrogens is 350 g/mol. The summed E-state index contributed by atoms with van der Waals surface area (Å²) in [7, 11) is 3.99. The molecule has 0 radical (unpaired) electrons. The normalized spacial score (nSPS) is 21.2. The van der Waals surface area contributed by atoms with Crippen molar-refractivity contribution < 1.29 is 4.74 Å². The van der Waals surface area contributed by atoms with Gasteiger partial charge in [-0.05, 0) is 37.5 Å². The van der Waals surface area contributed by atoms with Crippen molar-refractivity contribution in [2.24, 2.45) is 10.9 Å². The zero-order valence-corrected chi connectivity index (χ0v) is 18.1. The molecule has 0 aliphatic carbocycles. The van der Waals surface area contributed by atoms with Gasteiger partial charge in [-0.25, -0.2) is 0 Å². The first-order valence-electron chi connectivity index (χ1n) is 10.6. The highest BCUT2D eigenvalue weighted by molar-refractivity contribution is 5.79. The smallest absolute Gasteiger partial charge is 0.193 e. The lowest BCUT2D eigenvalue weighted by Crippen LogP contribution is -2.50. The van der Waals surface area contributed by atoms with E-state index in [4.69, 9.17) is 4.74 Å². The van der Waals surface area contributed by atoms with Crippen molar-refractivity contribution in [3.05, 3.63) is 29.3 Å². The molecule has 6 nitrogen and oxygen atoms in total. The minimum atomic E-state index is 0.627. The molecule has 2 saturated heterocycles. The van der Waals surface area contributed by atoms with Crippen molar-refractivity contribution in [1.29, 1.82) is 0 Å². The fourth-order valence-electron chi connectivity index (χ4n) is 4.20. The predicted molar refractivity (Wildman–Crippen MR) is 117 cm³/mol. The summed E-state index contributed by atoms with van der Waals surface area (Å²) in [5.41, 5.74) is 4.19. The highest BCUT2D eigenvalue weighted by atomic mass is 16.5. The topological polar surface area (TPSA) is 43.3 Å². The van der Waals surface area contributed by atoms with E-state index < -0.39 is 0 Å². The number of guanidine groups is 1. The number of nitrogens with one attached hydrogen (secondary N) is 1. The lowest BCUT2D eigenvalue weighted by molar-refractivity contribution is 0.181. The molecule has 0 bridgehead atoms. The number of aliphatic imine (C=N–C) groups is 1. The summed E-state index contributed by atoms with van der Waals surface area (Å²) in [5.74, 6) is 1.61. The molecule has 0 saturated carbocycles. The van der Waals surface area contributed by atoms with Gasteiger partial charge in [0, 0.05) is 78.1 Å². The highest BCUT2D eigenvalue weighted by Crippen LogP contribution is 2.23. The summed E-state index contributed by atoms with van der Waals surface area (Å²) in [6.45, 7) is 13.6. The Labute approximate surface area is 170 Å². The fraction of sp³-hybridized carbons (Fsp3) is 0.682. The van der Waals surface area contributed by atoms with Gasteiger partial charge < -0.3 is 19.9 Å². The Morgan fingerprint density at radius 2 is 2.04 bits per heavy atom. The van der Waals surface area contributed by atoms with E-state index in [1.165, 1.54) is 16.8 Å². The van der Waals surface area contributed by atoms with Crippen LogP contribution in [-0.4, -0.2) is 88.9 Å². The first-order valence-corrected chi connectivity index (χ1v) is 10.6. The van der Waals surface area contributed by atoms with Crippen LogP contribution in [-0.2, 0) is 4.74 Å². The van der Waals surface area contributed by atoms with E-state index >= 15 is 0 Å². The average Bonchev–Trinajstić information content (AvgIpc) is 3.21. The fourth-order valence-corrected chi connectivity index (χ4v) is 4.20. The molecule has 3 rings (SSSR count). The van der Waals surface area contributed by atoms with Gasteiger partial charge in [0.1, 0.15) is 0 Å². The molecule has 0 amide bonds. The van der Waals surface area contributed by atoms with Gasteiger partial charge in [-0.2, -0.15) is 0 Å². The van der Waals surface area contributed by atoms with Gasteiger partial charge in [-0.15, -0.1) is 0 Å². The van der Waals surface area contributed by atoms with Crippen LogP contribution < -0.4 is 10.2 Å². The van der Waals surface area contributed by atoms with Crippen LogP contribution >= 0.6 is 0 Å². The van der Waals surface area contributed by atoms with Gasteiger partial charge >= 0.3 is 0 Å². The second-order valence-electron chi connectivity index (χ2n) is 8.13. The lowest BCUT2D eigenvalue weighted by Gasteiger charge is -2.37. The first-order chi connectivity index (χ1) is 13.6. The summed E-state index contributed by atoms with van der Waals surface area (Å²) in [6, 6.07) is 6.63. The van der Waals surface area contributed by atoms with E-state index in [1.54, 1.807) is 0 Å². The van der Waals surface area contributed by atoms with Crippen molar-refractivity contribution in [3.8, 4) is 0 Å². The van der Waals surface area contributed by atoms with Crippen LogP contribution in [0, 0.1) is 19.8 Å². The molecule has 1 aromatic rings. The predicted octanol–water partition coefficient (Wildman–Crippen LogP) is 1.97. The van der Waals surface area contributed by atoms with E-state index in [1.807, 2.05) is 7.05 Å². The number of piperazine rings is 1. The number of rotatable bonds is 6. The molecule has 1 unspecified atom stereocenters. The van der Waals surface area contributed by atoms with Gasteiger partial charge in [-0.3, -0.25) is 9.89 Å². The molecular formula is C22H37N5O. The van der Waals surface area contributed by atoms with Crippen LogP contribution in [0.2, 0.25) is 0 Å². The molecule has 28 heavy (non-hydrogen) atoms. The SMILES string of the molecule is CN=C(NCCN1CCN(c2cccc(C)c2C)CC1)N(C)CC1CCOC1. The Hall–Kier alpha value is -1.79. The van der Waals surface area contributed by atoms with E-state index in [0.29, 0.717) is 5.92 Å². The van der Waals surface area contributed by atoms with Crippen LogP contribution in [0.5, 0.6) is 0 Å². The lowest BCUT2D eigenvalue weighted by atomic mass is 10.1. The number of hydrogen-bond donors (Lipinski definition) is 1. The third-order valence-electron chi connectivity index (χ3n) is 6.13. The number of ether oxygens (including phenoxy) is 1. The molecule has 156 valence electrons.